The Bertz CT molecular complexity index is 523. The summed E-state index contributed by atoms with van der Waals surface area (Å²) in [5.74, 6) is -9.97. The summed E-state index contributed by atoms with van der Waals surface area (Å²) in [6, 6.07) is 2.47. The molecule has 0 fully saturated rings. The van der Waals surface area contributed by atoms with Crippen LogP contribution in [0.5, 0.6) is 0 Å². The van der Waals surface area contributed by atoms with Gasteiger partial charge in [-0.3, -0.25) is 0 Å². The summed E-state index contributed by atoms with van der Waals surface area (Å²) in [7, 11) is 0. The van der Waals surface area contributed by atoms with E-state index in [0.29, 0.717) is 12.1 Å². The molecule has 1 aromatic rings. The minimum Gasteiger partial charge on any atom is -0.461 e. The number of carbonyl (C=O) groups is 1. The van der Waals surface area contributed by atoms with Crippen molar-refractivity contribution < 1.29 is 27.1 Å². The quantitative estimate of drug-likeness (QED) is 0.620. The van der Waals surface area contributed by atoms with Crippen molar-refractivity contribution in [2.75, 3.05) is 6.61 Å². The van der Waals surface area contributed by atoms with Gasteiger partial charge in [0.2, 0.25) is 0 Å². The van der Waals surface area contributed by atoms with Crippen LogP contribution in [0.25, 0.3) is 0 Å². The fourth-order valence-corrected chi connectivity index (χ4v) is 1.27. The van der Waals surface area contributed by atoms with E-state index in [1.54, 1.807) is 0 Å². The molecule has 96 valence electrons. The standard InChI is InChI=1S/C11H7F4NO2/c1-2-18-10(17)11(14,15)8-6(5-16)3-4-7(12)9(8)13/h3-4H,2H2,1H3. The molecule has 18 heavy (non-hydrogen) atoms. The van der Waals surface area contributed by atoms with Crippen molar-refractivity contribution in [2.24, 2.45) is 0 Å². The molecule has 0 spiro atoms. The summed E-state index contributed by atoms with van der Waals surface area (Å²) < 4.78 is 57.5. The molecule has 0 aliphatic heterocycles. The molecular formula is C11H7F4NO2. The second-order valence-corrected chi connectivity index (χ2v) is 3.19. The van der Waals surface area contributed by atoms with Crippen LogP contribution in [0.2, 0.25) is 0 Å². The van der Waals surface area contributed by atoms with Gasteiger partial charge in [0, 0.05) is 0 Å². The Morgan fingerprint density at radius 3 is 2.56 bits per heavy atom. The molecule has 0 amide bonds. The lowest BCUT2D eigenvalue weighted by atomic mass is 10.0. The Morgan fingerprint density at radius 1 is 1.44 bits per heavy atom. The molecule has 1 rings (SSSR count). The number of benzene rings is 1. The highest BCUT2D eigenvalue weighted by Gasteiger charge is 2.47. The van der Waals surface area contributed by atoms with Crippen LogP contribution in [0.15, 0.2) is 12.1 Å². The van der Waals surface area contributed by atoms with Crippen molar-refractivity contribution in [3.63, 3.8) is 0 Å². The zero-order valence-electron chi connectivity index (χ0n) is 9.14. The summed E-state index contributed by atoms with van der Waals surface area (Å²) in [4.78, 5) is 11.0. The molecule has 0 saturated heterocycles. The third kappa shape index (κ3) is 2.27. The highest BCUT2D eigenvalue weighted by molar-refractivity contribution is 5.80. The van der Waals surface area contributed by atoms with Crippen LogP contribution in [0.4, 0.5) is 17.6 Å². The number of carbonyl (C=O) groups excluding carboxylic acids is 1. The lowest BCUT2D eigenvalue weighted by molar-refractivity contribution is -0.173. The third-order valence-corrected chi connectivity index (χ3v) is 2.06. The molecular weight excluding hydrogens is 254 g/mol. The summed E-state index contributed by atoms with van der Waals surface area (Å²) in [5, 5.41) is 8.58. The molecule has 3 nitrogen and oxygen atoms in total. The minimum absolute atomic E-state index is 0.354. The lowest BCUT2D eigenvalue weighted by Crippen LogP contribution is -2.30. The van der Waals surface area contributed by atoms with E-state index in [1.807, 2.05) is 0 Å². The first-order chi connectivity index (χ1) is 8.36. The van der Waals surface area contributed by atoms with Gasteiger partial charge in [0.15, 0.2) is 11.6 Å². The Kier molecular flexibility index (Phi) is 3.91. The first-order valence-electron chi connectivity index (χ1n) is 4.79. The smallest absolute Gasteiger partial charge is 0.382 e. The number of esters is 1. The molecule has 0 heterocycles. The largest absolute Gasteiger partial charge is 0.461 e. The third-order valence-electron chi connectivity index (χ3n) is 2.06. The number of hydrogen-bond donors (Lipinski definition) is 0. The maximum atomic E-state index is 13.6. The average molecular weight is 261 g/mol. The highest BCUT2D eigenvalue weighted by atomic mass is 19.3. The molecule has 0 unspecified atom stereocenters. The van der Waals surface area contributed by atoms with Gasteiger partial charge in [0.1, 0.15) is 0 Å². The maximum absolute atomic E-state index is 13.6. The molecule has 0 aromatic heterocycles. The van der Waals surface area contributed by atoms with Crippen LogP contribution in [0.1, 0.15) is 18.1 Å². The van der Waals surface area contributed by atoms with Crippen molar-refractivity contribution in [2.45, 2.75) is 12.8 Å². The van der Waals surface area contributed by atoms with Crippen LogP contribution in [-0.4, -0.2) is 12.6 Å². The van der Waals surface area contributed by atoms with E-state index >= 15 is 0 Å². The van der Waals surface area contributed by atoms with Gasteiger partial charge in [-0.25, -0.2) is 13.6 Å². The first-order valence-corrected chi connectivity index (χ1v) is 4.79. The molecule has 7 heteroatoms. The Balaban J connectivity index is 3.44. The van der Waals surface area contributed by atoms with Gasteiger partial charge < -0.3 is 4.74 Å². The fourth-order valence-electron chi connectivity index (χ4n) is 1.27. The second-order valence-electron chi connectivity index (χ2n) is 3.19. The van der Waals surface area contributed by atoms with E-state index in [0.717, 1.165) is 0 Å². The van der Waals surface area contributed by atoms with E-state index in [2.05, 4.69) is 4.74 Å². The van der Waals surface area contributed by atoms with Gasteiger partial charge >= 0.3 is 11.9 Å². The van der Waals surface area contributed by atoms with Gasteiger partial charge in [-0.1, -0.05) is 0 Å². The normalized spacial score (nSPS) is 10.9. The molecule has 0 saturated carbocycles. The van der Waals surface area contributed by atoms with Crippen LogP contribution in [0.3, 0.4) is 0 Å². The topological polar surface area (TPSA) is 50.1 Å². The summed E-state index contributed by atoms with van der Waals surface area (Å²) in [6.45, 7) is 0.925. The zero-order valence-corrected chi connectivity index (χ0v) is 9.14. The Hall–Kier alpha value is -2.10. The molecule has 1 aromatic carbocycles. The van der Waals surface area contributed by atoms with Crippen molar-refractivity contribution in [3.8, 4) is 6.07 Å². The van der Waals surface area contributed by atoms with Crippen LogP contribution in [0, 0.1) is 23.0 Å². The maximum Gasteiger partial charge on any atom is 0.382 e. The van der Waals surface area contributed by atoms with Crippen LogP contribution < -0.4 is 0 Å². The number of nitriles is 1. The number of ether oxygens (including phenoxy) is 1. The van der Waals surface area contributed by atoms with Crippen molar-refractivity contribution in [3.05, 3.63) is 34.9 Å². The first kappa shape index (κ1) is 14.0. The number of halogens is 4. The van der Waals surface area contributed by atoms with Gasteiger partial charge in [-0.05, 0) is 19.1 Å². The lowest BCUT2D eigenvalue weighted by Gasteiger charge is -2.16. The van der Waals surface area contributed by atoms with Gasteiger partial charge in [0.05, 0.1) is 23.8 Å². The summed E-state index contributed by atoms with van der Waals surface area (Å²) in [6.07, 6.45) is 0. The van der Waals surface area contributed by atoms with E-state index in [4.69, 9.17) is 5.26 Å². The average Bonchev–Trinajstić information content (AvgIpc) is 2.32. The van der Waals surface area contributed by atoms with Crippen molar-refractivity contribution >= 4 is 5.97 Å². The van der Waals surface area contributed by atoms with E-state index in [1.165, 1.54) is 13.0 Å². The van der Waals surface area contributed by atoms with Crippen LogP contribution in [-0.2, 0) is 15.5 Å². The zero-order chi connectivity index (χ0) is 13.9. The number of alkyl halides is 2. The highest BCUT2D eigenvalue weighted by Crippen LogP contribution is 2.34. The molecule has 0 atom stereocenters. The molecule has 0 aliphatic rings. The molecule has 0 N–H and O–H groups in total. The SMILES string of the molecule is CCOC(=O)C(F)(F)c1c(C#N)ccc(F)c1F. The Morgan fingerprint density at radius 2 is 2.06 bits per heavy atom. The monoisotopic (exact) mass is 261 g/mol. The Labute approximate surface area is 99.6 Å². The minimum atomic E-state index is -4.42. The van der Waals surface area contributed by atoms with Gasteiger partial charge in [0.25, 0.3) is 0 Å². The fraction of sp³-hybridized carbons (Fsp3) is 0.273. The number of rotatable bonds is 3. The summed E-state index contributed by atoms with van der Waals surface area (Å²) >= 11 is 0. The van der Waals surface area contributed by atoms with Crippen molar-refractivity contribution in [1.82, 2.24) is 0 Å². The molecule has 0 aliphatic carbocycles. The van der Waals surface area contributed by atoms with Gasteiger partial charge in [-0.15, -0.1) is 0 Å². The van der Waals surface area contributed by atoms with Crippen LogP contribution >= 0.6 is 0 Å². The number of hydrogen-bond acceptors (Lipinski definition) is 3. The molecule has 0 bridgehead atoms. The van der Waals surface area contributed by atoms with E-state index in [9.17, 15) is 22.4 Å². The number of nitrogens with zero attached hydrogens (tertiary/aromatic N) is 1. The van der Waals surface area contributed by atoms with Crippen molar-refractivity contribution in [1.29, 1.82) is 5.26 Å². The predicted molar refractivity (Wildman–Crippen MR) is 51.6 cm³/mol. The second kappa shape index (κ2) is 5.04. The van der Waals surface area contributed by atoms with Gasteiger partial charge in [-0.2, -0.15) is 14.0 Å². The van der Waals surface area contributed by atoms with E-state index < -0.39 is 34.7 Å². The van der Waals surface area contributed by atoms with E-state index in [-0.39, 0.29) is 6.61 Å². The summed E-state index contributed by atoms with van der Waals surface area (Å²) in [5.41, 5.74) is -2.43. The molecule has 0 radical (unpaired) electrons. The predicted octanol–water partition coefficient (Wildman–Crippen LogP) is 2.49.